The Balaban J connectivity index is 1.78. The summed E-state index contributed by atoms with van der Waals surface area (Å²) in [5.41, 5.74) is 2.73. The zero-order chi connectivity index (χ0) is 17.4. The molecular formula is C18H20FN3O2. The minimum atomic E-state index is -0.467. The molecule has 1 N–H and O–H groups in total. The molecule has 0 saturated heterocycles. The number of amides is 1. The molecular weight excluding hydrogens is 309 g/mol. The lowest BCUT2D eigenvalue weighted by molar-refractivity contribution is 0.0909. The summed E-state index contributed by atoms with van der Waals surface area (Å²) in [5.74, 6) is -0.669. The summed E-state index contributed by atoms with van der Waals surface area (Å²) >= 11 is 0. The molecule has 24 heavy (non-hydrogen) atoms. The molecule has 3 aromatic rings. The third kappa shape index (κ3) is 2.91. The van der Waals surface area contributed by atoms with Crippen molar-refractivity contribution in [3.8, 4) is 0 Å². The Bertz CT molecular complexity index is 911. The smallest absolute Gasteiger partial charge is 0.287 e. The molecule has 2 heterocycles. The zero-order valence-electron chi connectivity index (χ0n) is 14.2. The number of fused-ring (bicyclic) bond motifs is 1. The summed E-state index contributed by atoms with van der Waals surface area (Å²) in [4.78, 5) is 12.5. The third-order valence-electron chi connectivity index (χ3n) is 4.05. The fourth-order valence-electron chi connectivity index (χ4n) is 2.88. The maximum Gasteiger partial charge on any atom is 0.287 e. The molecule has 0 radical (unpaired) electrons. The lowest BCUT2D eigenvalue weighted by Crippen LogP contribution is -2.36. The van der Waals surface area contributed by atoms with E-state index in [1.807, 2.05) is 31.5 Å². The number of nitrogens with zero attached hydrogens (tertiary/aromatic N) is 2. The number of nitrogens with one attached hydrogen (secondary N) is 1. The second-order valence-corrected chi connectivity index (χ2v) is 6.16. The Morgan fingerprint density at radius 3 is 2.75 bits per heavy atom. The maximum atomic E-state index is 13.8. The summed E-state index contributed by atoms with van der Waals surface area (Å²) in [6.45, 7) is 8.11. The fourth-order valence-corrected chi connectivity index (χ4v) is 2.88. The van der Waals surface area contributed by atoms with Gasteiger partial charge in [0.2, 0.25) is 0 Å². The molecule has 0 fully saturated rings. The first kappa shape index (κ1) is 16.2. The van der Waals surface area contributed by atoms with Gasteiger partial charge in [-0.1, -0.05) is 12.1 Å². The van der Waals surface area contributed by atoms with Gasteiger partial charge in [0.1, 0.15) is 0 Å². The Kier molecular flexibility index (Phi) is 4.13. The van der Waals surface area contributed by atoms with Gasteiger partial charge in [0, 0.05) is 22.7 Å². The first-order valence-corrected chi connectivity index (χ1v) is 7.86. The van der Waals surface area contributed by atoms with Crippen molar-refractivity contribution < 1.29 is 13.6 Å². The van der Waals surface area contributed by atoms with E-state index in [0.29, 0.717) is 17.5 Å². The lowest BCUT2D eigenvalue weighted by Gasteiger charge is -2.14. The van der Waals surface area contributed by atoms with E-state index in [4.69, 9.17) is 4.42 Å². The number of benzene rings is 1. The molecule has 0 bridgehead atoms. The molecule has 1 atom stereocenters. The normalized spacial score (nSPS) is 12.5. The number of aryl methyl sites for hydroxylation is 3. The van der Waals surface area contributed by atoms with Gasteiger partial charge in [0.15, 0.2) is 17.2 Å². The van der Waals surface area contributed by atoms with Crippen LogP contribution < -0.4 is 5.32 Å². The monoisotopic (exact) mass is 329 g/mol. The van der Waals surface area contributed by atoms with Gasteiger partial charge in [-0.05, 0) is 39.8 Å². The summed E-state index contributed by atoms with van der Waals surface area (Å²) in [5, 5.41) is 7.89. The number of hydrogen-bond acceptors (Lipinski definition) is 3. The van der Waals surface area contributed by atoms with Gasteiger partial charge in [-0.2, -0.15) is 5.10 Å². The van der Waals surface area contributed by atoms with Crippen LogP contribution in [0.3, 0.4) is 0 Å². The Labute approximate surface area is 139 Å². The van der Waals surface area contributed by atoms with Gasteiger partial charge >= 0.3 is 0 Å². The van der Waals surface area contributed by atoms with Crippen LogP contribution in [0.15, 0.2) is 28.7 Å². The third-order valence-corrected chi connectivity index (χ3v) is 4.05. The van der Waals surface area contributed by atoms with Crippen LogP contribution in [0.2, 0.25) is 0 Å². The zero-order valence-corrected chi connectivity index (χ0v) is 14.2. The number of carbonyl (C=O) groups is 1. The van der Waals surface area contributed by atoms with Gasteiger partial charge in [-0.3, -0.25) is 9.48 Å². The molecule has 0 unspecified atom stereocenters. The predicted molar refractivity (Wildman–Crippen MR) is 89.5 cm³/mol. The van der Waals surface area contributed by atoms with Crippen LogP contribution in [0.1, 0.15) is 34.4 Å². The number of carbonyl (C=O) groups excluding carboxylic acids is 1. The highest BCUT2D eigenvalue weighted by Crippen LogP contribution is 2.27. The highest BCUT2D eigenvalue weighted by atomic mass is 19.1. The minimum Gasteiger partial charge on any atom is -0.448 e. The van der Waals surface area contributed by atoms with Gasteiger partial charge < -0.3 is 9.73 Å². The van der Waals surface area contributed by atoms with E-state index >= 15 is 0 Å². The van der Waals surface area contributed by atoms with Gasteiger partial charge in [0.05, 0.1) is 12.2 Å². The Hall–Kier alpha value is -2.63. The summed E-state index contributed by atoms with van der Waals surface area (Å²) in [7, 11) is 0. The van der Waals surface area contributed by atoms with Crippen molar-refractivity contribution in [1.29, 1.82) is 0 Å². The first-order valence-electron chi connectivity index (χ1n) is 7.86. The van der Waals surface area contributed by atoms with E-state index < -0.39 is 5.82 Å². The Morgan fingerprint density at radius 1 is 1.38 bits per heavy atom. The number of rotatable bonds is 4. The van der Waals surface area contributed by atoms with Crippen LogP contribution >= 0.6 is 0 Å². The van der Waals surface area contributed by atoms with Gasteiger partial charge in [-0.15, -0.1) is 0 Å². The average molecular weight is 329 g/mol. The molecule has 0 aliphatic rings. The number of furan rings is 1. The number of para-hydroxylation sites is 1. The van der Waals surface area contributed by atoms with Gasteiger partial charge in [-0.25, -0.2) is 4.39 Å². The second kappa shape index (κ2) is 6.11. The largest absolute Gasteiger partial charge is 0.448 e. The molecule has 2 aromatic heterocycles. The molecule has 5 nitrogen and oxygen atoms in total. The van der Waals surface area contributed by atoms with Crippen molar-refractivity contribution in [2.75, 3.05) is 0 Å². The standard InChI is InChI=1S/C18H20FN3O2/c1-10-8-12(3)22(21-10)9-11(2)20-18(23)16-13(4)14-6-5-7-15(19)17(14)24-16/h5-8,11H,9H2,1-4H3,(H,20,23)/t11-/m0/s1. The summed E-state index contributed by atoms with van der Waals surface area (Å²) < 4.78 is 21.1. The number of halogens is 1. The van der Waals surface area contributed by atoms with Crippen molar-refractivity contribution in [3.05, 3.63) is 52.8 Å². The highest BCUT2D eigenvalue weighted by Gasteiger charge is 2.21. The second-order valence-electron chi connectivity index (χ2n) is 6.16. The van der Waals surface area contributed by atoms with Crippen LogP contribution in [-0.4, -0.2) is 21.7 Å². The number of hydrogen-bond donors (Lipinski definition) is 1. The molecule has 0 aliphatic heterocycles. The molecule has 3 rings (SSSR count). The molecule has 0 saturated carbocycles. The van der Waals surface area contributed by atoms with E-state index in [0.717, 1.165) is 11.4 Å². The van der Waals surface area contributed by atoms with Crippen molar-refractivity contribution in [3.63, 3.8) is 0 Å². The summed E-state index contributed by atoms with van der Waals surface area (Å²) in [6.07, 6.45) is 0. The average Bonchev–Trinajstić information content (AvgIpc) is 3.00. The SMILES string of the molecule is Cc1cc(C)n(C[C@H](C)NC(=O)c2oc3c(F)cccc3c2C)n1. The first-order chi connectivity index (χ1) is 11.4. The van der Waals surface area contributed by atoms with E-state index in [-0.39, 0.29) is 23.3 Å². The maximum absolute atomic E-state index is 13.8. The molecule has 0 spiro atoms. The molecule has 1 aromatic carbocycles. The molecule has 1 amide bonds. The molecule has 0 aliphatic carbocycles. The van der Waals surface area contributed by atoms with Crippen LogP contribution in [0, 0.1) is 26.6 Å². The van der Waals surface area contributed by atoms with Crippen molar-refractivity contribution in [1.82, 2.24) is 15.1 Å². The van der Waals surface area contributed by atoms with Crippen molar-refractivity contribution >= 4 is 16.9 Å². The quantitative estimate of drug-likeness (QED) is 0.797. The van der Waals surface area contributed by atoms with E-state index in [2.05, 4.69) is 10.4 Å². The van der Waals surface area contributed by atoms with Crippen LogP contribution in [0.25, 0.3) is 11.0 Å². The van der Waals surface area contributed by atoms with E-state index in [1.165, 1.54) is 6.07 Å². The van der Waals surface area contributed by atoms with Crippen LogP contribution in [0.5, 0.6) is 0 Å². The Morgan fingerprint density at radius 2 is 2.12 bits per heavy atom. The molecule has 6 heteroatoms. The van der Waals surface area contributed by atoms with E-state index in [1.54, 1.807) is 19.1 Å². The van der Waals surface area contributed by atoms with Crippen LogP contribution in [-0.2, 0) is 6.54 Å². The predicted octanol–water partition coefficient (Wildman–Crippen LogP) is 3.51. The summed E-state index contributed by atoms with van der Waals surface area (Å²) in [6, 6.07) is 6.51. The van der Waals surface area contributed by atoms with Gasteiger partial charge in [0.25, 0.3) is 5.91 Å². The highest BCUT2D eigenvalue weighted by molar-refractivity contribution is 5.99. The molecule has 126 valence electrons. The fraction of sp³-hybridized carbons (Fsp3) is 0.333. The van der Waals surface area contributed by atoms with E-state index in [9.17, 15) is 9.18 Å². The number of aromatic nitrogens is 2. The van der Waals surface area contributed by atoms with Crippen LogP contribution in [0.4, 0.5) is 4.39 Å². The lowest BCUT2D eigenvalue weighted by atomic mass is 10.1. The minimum absolute atomic E-state index is 0.117. The topological polar surface area (TPSA) is 60.1 Å². The van der Waals surface area contributed by atoms with Crippen molar-refractivity contribution in [2.24, 2.45) is 0 Å². The van der Waals surface area contributed by atoms with Crippen molar-refractivity contribution in [2.45, 2.75) is 40.3 Å².